The average Bonchev–Trinajstić information content (AvgIpc) is 2.34. The molecule has 0 heterocycles. The standard InChI is InChI=1S/C7H8O.C5H12.CH4O.CH4/c8-6-7-4-2-1-3-5-7;1-3-5-4-2;1-2;/h1-5,8H,6H2;3-5H2,1-2H3;2H,1H3;1H4. The summed E-state index contributed by atoms with van der Waals surface area (Å²) >= 11 is 0. The van der Waals surface area contributed by atoms with Crippen LogP contribution in [-0.4, -0.2) is 17.3 Å². The molecule has 2 nitrogen and oxygen atoms in total. The van der Waals surface area contributed by atoms with Gasteiger partial charge in [-0.2, -0.15) is 0 Å². The summed E-state index contributed by atoms with van der Waals surface area (Å²) in [6.07, 6.45) is 4.08. The van der Waals surface area contributed by atoms with Crippen molar-refractivity contribution in [3.8, 4) is 0 Å². The van der Waals surface area contributed by atoms with E-state index in [1.165, 1.54) is 19.3 Å². The van der Waals surface area contributed by atoms with Crippen LogP contribution in [0.1, 0.15) is 46.1 Å². The zero-order chi connectivity index (χ0) is 11.9. The maximum absolute atomic E-state index is 8.54. The van der Waals surface area contributed by atoms with E-state index >= 15 is 0 Å². The van der Waals surface area contributed by atoms with Gasteiger partial charge in [-0.1, -0.05) is 70.9 Å². The van der Waals surface area contributed by atoms with Crippen LogP contribution in [-0.2, 0) is 6.61 Å². The first-order chi connectivity index (χ1) is 7.35. The Morgan fingerprint density at radius 3 is 1.56 bits per heavy atom. The van der Waals surface area contributed by atoms with E-state index in [9.17, 15) is 0 Å². The van der Waals surface area contributed by atoms with Crippen molar-refractivity contribution in [1.29, 1.82) is 0 Å². The van der Waals surface area contributed by atoms with Crippen molar-refractivity contribution in [2.75, 3.05) is 7.11 Å². The zero-order valence-corrected chi connectivity index (χ0v) is 10.1. The summed E-state index contributed by atoms with van der Waals surface area (Å²) in [4.78, 5) is 0. The second-order valence-corrected chi connectivity index (χ2v) is 3.00. The van der Waals surface area contributed by atoms with Crippen LogP contribution in [0.15, 0.2) is 30.3 Å². The lowest BCUT2D eigenvalue weighted by atomic mass is 10.2. The van der Waals surface area contributed by atoms with Crippen LogP contribution >= 0.6 is 0 Å². The van der Waals surface area contributed by atoms with Crippen molar-refractivity contribution in [3.05, 3.63) is 35.9 Å². The molecular weight excluding hydrogens is 200 g/mol. The van der Waals surface area contributed by atoms with Crippen LogP contribution < -0.4 is 0 Å². The van der Waals surface area contributed by atoms with Crippen molar-refractivity contribution >= 4 is 0 Å². The summed E-state index contributed by atoms with van der Waals surface area (Å²) in [5, 5.41) is 15.5. The fraction of sp³-hybridized carbons (Fsp3) is 0.571. The summed E-state index contributed by atoms with van der Waals surface area (Å²) in [7, 11) is 1.00. The quantitative estimate of drug-likeness (QED) is 0.829. The third kappa shape index (κ3) is 15.6. The maximum atomic E-state index is 8.54. The maximum Gasteiger partial charge on any atom is 0.0681 e. The van der Waals surface area contributed by atoms with Crippen molar-refractivity contribution in [1.82, 2.24) is 0 Å². The van der Waals surface area contributed by atoms with Crippen LogP contribution in [0.5, 0.6) is 0 Å². The predicted octanol–water partition coefficient (Wildman–Crippen LogP) is 3.62. The monoisotopic (exact) mass is 228 g/mol. The molecule has 96 valence electrons. The minimum atomic E-state index is 0. The van der Waals surface area contributed by atoms with Gasteiger partial charge >= 0.3 is 0 Å². The Kier molecular flexibility index (Phi) is 25.3. The largest absolute Gasteiger partial charge is 0.400 e. The van der Waals surface area contributed by atoms with Gasteiger partial charge in [-0.25, -0.2) is 0 Å². The minimum Gasteiger partial charge on any atom is -0.400 e. The molecule has 0 bridgehead atoms. The van der Waals surface area contributed by atoms with E-state index < -0.39 is 0 Å². The number of benzene rings is 1. The predicted molar refractivity (Wildman–Crippen MR) is 72.4 cm³/mol. The molecular formula is C14H28O2. The number of rotatable bonds is 3. The Balaban J connectivity index is -0.000000187. The van der Waals surface area contributed by atoms with Gasteiger partial charge in [0.15, 0.2) is 0 Å². The molecule has 16 heavy (non-hydrogen) atoms. The van der Waals surface area contributed by atoms with Crippen molar-refractivity contribution < 1.29 is 10.2 Å². The molecule has 2 N–H and O–H groups in total. The Morgan fingerprint density at radius 1 is 0.938 bits per heavy atom. The molecule has 0 aliphatic rings. The summed E-state index contributed by atoms with van der Waals surface area (Å²) in [6, 6.07) is 9.52. The van der Waals surface area contributed by atoms with Gasteiger partial charge in [0.25, 0.3) is 0 Å². The van der Waals surface area contributed by atoms with E-state index in [1.54, 1.807) is 0 Å². The SMILES string of the molecule is C.CCCCC.CO.OCc1ccccc1. The summed E-state index contributed by atoms with van der Waals surface area (Å²) in [5.41, 5.74) is 0.965. The summed E-state index contributed by atoms with van der Waals surface area (Å²) in [5.74, 6) is 0. The van der Waals surface area contributed by atoms with Gasteiger partial charge in [0, 0.05) is 7.11 Å². The van der Waals surface area contributed by atoms with E-state index in [1.807, 2.05) is 30.3 Å². The van der Waals surface area contributed by atoms with E-state index in [4.69, 9.17) is 10.2 Å². The Morgan fingerprint density at radius 2 is 1.38 bits per heavy atom. The Bertz CT molecular complexity index is 183. The second kappa shape index (κ2) is 19.7. The Labute approximate surface area is 101 Å². The topological polar surface area (TPSA) is 40.5 Å². The third-order valence-electron chi connectivity index (χ3n) is 1.73. The normalized spacial score (nSPS) is 7.56. The highest BCUT2D eigenvalue weighted by Crippen LogP contribution is 1.95. The van der Waals surface area contributed by atoms with Crippen LogP contribution in [0.4, 0.5) is 0 Å². The van der Waals surface area contributed by atoms with Crippen LogP contribution in [0, 0.1) is 0 Å². The number of hydrogen-bond donors (Lipinski definition) is 2. The van der Waals surface area contributed by atoms with E-state index in [2.05, 4.69) is 13.8 Å². The molecule has 0 fully saturated rings. The fourth-order valence-electron chi connectivity index (χ4n) is 0.937. The highest BCUT2D eigenvalue weighted by molar-refractivity contribution is 5.12. The van der Waals surface area contributed by atoms with Gasteiger partial charge in [-0.3, -0.25) is 0 Å². The molecule has 0 aliphatic heterocycles. The number of unbranched alkanes of at least 4 members (excludes halogenated alkanes) is 2. The first kappa shape index (κ1) is 20.5. The van der Waals surface area contributed by atoms with Gasteiger partial charge in [0.05, 0.1) is 6.61 Å². The molecule has 0 amide bonds. The second-order valence-electron chi connectivity index (χ2n) is 3.00. The molecule has 1 aromatic carbocycles. The molecule has 0 saturated heterocycles. The number of hydrogen-bond acceptors (Lipinski definition) is 2. The average molecular weight is 228 g/mol. The van der Waals surface area contributed by atoms with Crippen molar-refractivity contribution in [2.45, 2.75) is 47.1 Å². The number of aliphatic hydroxyl groups is 2. The lowest BCUT2D eigenvalue weighted by Crippen LogP contribution is -1.77. The molecule has 0 unspecified atom stereocenters. The van der Waals surface area contributed by atoms with Crippen molar-refractivity contribution in [3.63, 3.8) is 0 Å². The zero-order valence-electron chi connectivity index (χ0n) is 10.1. The molecule has 2 heteroatoms. The van der Waals surface area contributed by atoms with Gasteiger partial charge in [0.1, 0.15) is 0 Å². The molecule has 0 aliphatic carbocycles. The molecule has 1 rings (SSSR count). The van der Waals surface area contributed by atoms with Crippen LogP contribution in [0.25, 0.3) is 0 Å². The van der Waals surface area contributed by atoms with E-state index in [0.29, 0.717) is 0 Å². The molecule has 0 aromatic heterocycles. The third-order valence-corrected chi connectivity index (χ3v) is 1.73. The first-order valence-electron chi connectivity index (χ1n) is 5.44. The minimum absolute atomic E-state index is 0. The van der Waals surface area contributed by atoms with Crippen LogP contribution in [0.3, 0.4) is 0 Å². The number of aliphatic hydroxyl groups excluding tert-OH is 2. The molecule has 0 spiro atoms. The molecule has 0 radical (unpaired) electrons. The van der Waals surface area contributed by atoms with Crippen LogP contribution in [0.2, 0.25) is 0 Å². The molecule has 0 saturated carbocycles. The van der Waals surface area contributed by atoms with Gasteiger partial charge in [-0.05, 0) is 5.56 Å². The molecule has 0 atom stereocenters. The highest BCUT2D eigenvalue weighted by Gasteiger charge is 1.81. The lowest BCUT2D eigenvalue weighted by Gasteiger charge is -1.89. The van der Waals surface area contributed by atoms with Gasteiger partial charge < -0.3 is 10.2 Å². The smallest absolute Gasteiger partial charge is 0.0681 e. The van der Waals surface area contributed by atoms with Gasteiger partial charge in [0.2, 0.25) is 0 Å². The first-order valence-corrected chi connectivity index (χ1v) is 5.44. The molecule has 1 aromatic rings. The Hall–Kier alpha value is -0.860. The van der Waals surface area contributed by atoms with Gasteiger partial charge in [-0.15, -0.1) is 0 Å². The lowest BCUT2D eigenvalue weighted by molar-refractivity contribution is 0.282. The van der Waals surface area contributed by atoms with E-state index in [0.717, 1.165) is 12.7 Å². The van der Waals surface area contributed by atoms with Crippen molar-refractivity contribution in [2.24, 2.45) is 0 Å². The van der Waals surface area contributed by atoms with E-state index in [-0.39, 0.29) is 14.0 Å². The fourth-order valence-corrected chi connectivity index (χ4v) is 0.937. The summed E-state index contributed by atoms with van der Waals surface area (Å²) < 4.78 is 0. The highest BCUT2D eigenvalue weighted by atomic mass is 16.3. The summed E-state index contributed by atoms with van der Waals surface area (Å²) in [6.45, 7) is 4.56.